The van der Waals surface area contributed by atoms with Crippen LogP contribution in [0.1, 0.15) is 25.3 Å². The highest BCUT2D eigenvalue weighted by Crippen LogP contribution is 2.22. The fourth-order valence-electron chi connectivity index (χ4n) is 3.39. The Morgan fingerprint density at radius 3 is 2.50 bits per heavy atom. The van der Waals surface area contributed by atoms with Crippen LogP contribution in [0.15, 0.2) is 66.7 Å². The van der Waals surface area contributed by atoms with Gasteiger partial charge in [-0.15, -0.1) is 0 Å². The van der Waals surface area contributed by atoms with E-state index in [-0.39, 0.29) is 0 Å². The van der Waals surface area contributed by atoms with Crippen LogP contribution in [-0.4, -0.2) is 24.5 Å². The van der Waals surface area contributed by atoms with Crippen LogP contribution in [0, 0.1) is 5.92 Å². The first-order chi connectivity index (χ1) is 11.7. The van der Waals surface area contributed by atoms with Gasteiger partial charge in [0.1, 0.15) is 11.5 Å². The number of nitrogens with zero attached hydrogens (tertiary/aromatic N) is 1. The van der Waals surface area contributed by atoms with Crippen LogP contribution in [0.5, 0.6) is 11.5 Å². The number of para-hydroxylation sites is 1. The van der Waals surface area contributed by atoms with Gasteiger partial charge in [-0.25, -0.2) is 0 Å². The lowest BCUT2D eigenvalue weighted by Gasteiger charge is -2.31. The molecule has 0 radical (unpaired) electrons. The molecule has 1 saturated heterocycles. The van der Waals surface area contributed by atoms with Gasteiger partial charge in [0.2, 0.25) is 0 Å². The van der Waals surface area contributed by atoms with Gasteiger partial charge in [-0.05, 0) is 61.6 Å². The van der Waals surface area contributed by atoms with Crippen LogP contribution < -0.4 is 4.74 Å². The van der Waals surface area contributed by atoms with E-state index in [9.17, 15) is 0 Å². The maximum atomic E-state index is 5.84. The van der Waals surface area contributed by atoms with E-state index in [0.717, 1.165) is 30.4 Å². The highest BCUT2D eigenvalue weighted by molar-refractivity contribution is 5.34. The molecule has 24 heavy (non-hydrogen) atoms. The van der Waals surface area contributed by atoms with Crippen molar-refractivity contribution in [2.24, 2.45) is 5.92 Å². The molecule has 1 unspecified atom stereocenters. The second-order valence-electron chi connectivity index (χ2n) is 6.97. The summed E-state index contributed by atoms with van der Waals surface area (Å²) in [5.74, 6) is 2.57. The van der Waals surface area contributed by atoms with Crippen LogP contribution in [0.4, 0.5) is 0 Å². The maximum Gasteiger partial charge on any atom is 0.127 e. The Balaban J connectivity index is 1.51. The van der Waals surface area contributed by atoms with Gasteiger partial charge in [0.25, 0.3) is 0 Å². The summed E-state index contributed by atoms with van der Waals surface area (Å²) in [6, 6.07) is 18.3. The predicted octanol–water partition coefficient (Wildman–Crippen LogP) is 5.31. The van der Waals surface area contributed by atoms with Crippen LogP contribution in [-0.2, 0) is 6.42 Å². The van der Waals surface area contributed by atoms with Crippen molar-refractivity contribution in [2.75, 3.05) is 19.6 Å². The van der Waals surface area contributed by atoms with E-state index in [1.54, 1.807) is 0 Å². The number of rotatable bonds is 6. The van der Waals surface area contributed by atoms with Gasteiger partial charge in [-0.2, -0.15) is 0 Å². The van der Waals surface area contributed by atoms with Crippen molar-refractivity contribution >= 4 is 0 Å². The molecule has 1 fully saturated rings. The Morgan fingerprint density at radius 1 is 1.08 bits per heavy atom. The average Bonchev–Trinajstić information content (AvgIpc) is 2.57. The van der Waals surface area contributed by atoms with E-state index in [0.29, 0.717) is 0 Å². The molecule has 0 bridgehead atoms. The summed E-state index contributed by atoms with van der Waals surface area (Å²) in [5.41, 5.74) is 2.59. The molecule has 2 aromatic carbocycles. The quantitative estimate of drug-likeness (QED) is 0.669. The molecule has 0 aromatic heterocycles. The van der Waals surface area contributed by atoms with Gasteiger partial charge in [-0.3, -0.25) is 4.90 Å². The van der Waals surface area contributed by atoms with E-state index in [2.05, 4.69) is 30.5 Å². The van der Waals surface area contributed by atoms with Gasteiger partial charge in [0, 0.05) is 13.1 Å². The first kappa shape index (κ1) is 16.8. The summed E-state index contributed by atoms with van der Waals surface area (Å²) in [5, 5.41) is 0. The Labute approximate surface area is 145 Å². The number of benzene rings is 2. The SMILES string of the molecule is C=C(Cc1ccc(Oc2ccccc2)cc1)CN1CCCC(C)C1. The van der Waals surface area contributed by atoms with E-state index in [1.807, 2.05) is 42.5 Å². The van der Waals surface area contributed by atoms with Crippen molar-refractivity contribution in [3.8, 4) is 11.5 Å². The molecule has 2 nitrogen and oxygen atoms in total. The first-order valence-corrected chi connectivity index (χ1v) is 8.90. The molecule has 0 saturated carbocycles. The first-order valence-electron chi connectivity index (χ1n) is 8.90. The van der Waals surface area contributed by atoms with Crippen molar-refractivity contribution < 1.29 is 4.74 Å². The number of ether oxygens (including phenoxy) is 1. The molecule has 1 heterocycles. The van der Waals surface area contributed by atoms with Gasteiger partial charge < -0.3 is 4.74 Å². The molecule has 0 N–H and O–H groups in total. The summed E-state index contributed by atoms with van der Waals surface area (Å²) in [7, 11) is 0. The second-order valence-corrected chi connectivity index (χ2v) is 6.97. The molecule has 1 aliphatic heterocycles. The highest BCUT2D eigenvalue weighted by Gasteiger charge is 2.16. The number of likely N-dealkylation sites (tertiary alicyclic amines) is 1. The Kier molecular flexibility index (Phi) is 5.71. The largest absolute Gasteiger partial charge is 0.457 e. The zero-order chi connectivity index (χ0) is 16.8. The van der Waals surface area contributed by atoms with E-state index in [4.69, 9.17) is 4.74 Å². The number of hydrogen-bond donors (Lipinski definition) is 0. The molecule has 0 spiro atoms. The second kappa shape index (κ2) is 8.16. The maximum absolute atomic E-state index is 5.84. The van der Waals surface area contributed by atoms with Crippen molar-refractivity contribution in [1.82, 2.24) is 4.90 Å². The van der Waals surface area contributed by atoms with Crippen molar-refractivity contribution in [1.29, 1.82) is 0 Å². The topological polar surface area (TPSA) is 12.5 Å². The lowest BCUT2D eigenvalue weighted by molar-refractivity contribution is 0.197. The standard InChI is InChI=1S/C22H27NO/c1-18-7-6-14-23(16-18)17-19(2)15-20-10-12-22(13-11-20)24-21-8-4-3-5-9-21/h3-5,8-13,18H,2,6-7,14-17H2,1H3. The van der Waals surface area contributed by atoms with Crippen molar-refractivity contribution in [2.45, 2.75) is 26.2 Å². The molecular formula is C22H27NO. The lowest BCUT2D eigenvalue weighted by atomic mass is 9.99. The molecule has 0 aliphatic carbocycles. The van der Waals surface area contributed by atoms with Gasteiger partial charge in [0.05, 0.1) is 0 Å². The third kappa shape index (κ3) is 4.97. The average molecular weight is 321 g/mol. The normalized spacial score (nSPS) is 18.3. The molecule has 0 amide bonds. The smallest absolute Gasteiger partial charge is 0.127 e. The number of hydrogen-bond acceptors (Lipinski definition) is 2. The molecule has 2 aromatic rings. The molecule has 1 atom stereocenters. The minimum atomic E-state index is 0.820. The third-order valence-corrected chi connectivity index (χ3v) is 4.54. The third-order valence-electron chi connectivity index (χ3n) is 4.54. The zero-order valence-corrected chi connectivity index (χ0v) is 14.6. The van der Waals surface area contributed by atoms with Crippen LogP contribution >= 0.6 is 0 Å². The molecule has 2 heteroatoms. The van der Waals surface area contributed by atoms with Crippen LogP contribution in [0.2, 0.25) is 0 Å². The Hall–Kier alpha value is -2.06. The number of piperidine rings is 1. The minimum Gasteiger partial charge on any atom is -0.457 e. The minimum absolute atomic E-state index is 0.820. The summed E-state index contributed by atoms with van der Waals surface area (Å²) in [6.45, 7) is 10.1. The van der Waals surface area contributed by atoms with Gasteiger partial charge >= 0.3 is 0 Å². The van der Waals surface area contributed by atoms with Gasteiger partial charge in [-0.1, -0.05) is 49.4 Å². The van der Waals surface area contributed by atoms with Crippen molar-refractivity contribution in [3.05, 3.63) is 72.3 Å². The zero-order valence-electron chi connectivity index (χ0n) is 14.6. The lowest BCUT2D eigenvalue weighted by Crippen LogP contribution is -2.35. The van der Waals surface area contributed by atoms with E-state index < -0.39 is 0 Å². The predicted molar refractivity (Wildman–Crippen MR) is 101 cm³/mol. The fourth-order valence-corrected chi connectivity index (χ4v) is 3.39. The van der Waals surface area contributed by atoms with Crippen molar-refractivity contribution in [3.63, 3.8) is 0 Å². The Bertz CT molecular complexity index is 647. The Morgan fingerprint density at radius 2 is 1.79 bits per heavy atom. The summed E-state index contributed by atoms with van der Waals surface area (Å²) < 4.78 is 5.84. The fraction of sp³-hybridized carbons (Fsp3) is 0.364. The van der Waals surface area contributed by atoms with Crippen LogP contribution in [0.3, 0.4) is 0 Å². The summed E-state index contributed by atoms with van der Waals surface area (Å²) in [6.07, 6.45) is 3.63. The summed E-state index contributed by atoms with van der Waals surface area (Å²) >= 11 is 0. The molecule has 3 rings (SSSR count). The monoisotopic (exact) mass is 321 g/mol. The molecular weight excluding hydrogens is 294 g/mol. The van der Waals surface area contributed by atoms with Crippen LogP contribution in [0.25, 0.3) is 0 Å². The highest BCUT2D eigenvalue weighted by atomic mass is 16.5. The van der Waals surface area contributed by atoms with Gasteiger partial charge in [0.15, 0.2) is 0 Å². The molecule has 126 valence electrons. The molecule has 1 aliphatic rings. The summed E-state index contributed by atoms with van der Waals surface area (Å²) in [4.78, 5) is 2.55. The van der Waals surface area contributed by atoms with E-state index >= 15 is 0 Å². The van der Waals surface area contributed by atoms with E-state index in [1.165, 1.54) is 37.1 Å².